The number of H-pyrrole nitrogens is 1. The zero-order chi connectivity index (χ0) is 20.8. The molecule has 0 saturated carbocycles. The molecule has 1 aromatic heterocycles. The van der Waals surface area contributed by atoms with Crippen LogP contribution < -0.4 is 19.9 Å². The summed E-state index contributed by atoms with van der Waals surface area (Å²) in [6.07, 6.45) is 0. The van der Waals surface area contributed by atoms with Gasteiger partial charge in [0.25, 0.3) is 5.69 Å². The summed E-state index contributed by atoms with van der Waals surface area (Å²) in [5, 5.41) is 17.8. The van der Waals surface area contributed by atoms with Crippen molar-refractivity contribution in [3.8, 4) is 17.2 Å². The molecule has 152 valence electrons. The van der Waals surface area contributed by atoms with E-state index in [9.17, 15) is 10.1 Å². The minimum absolute atomic E-state index is 0.0487. The lowest BCUT2D eigenvalue weighted by Gasteiger charge is -2.13. The number of rotatable bonds is 9. The van der Waals surface area contributed by atoms with E-state index < -0.39 is 11.0 Å². The van der Waals surface area contributed by atoms with Crippen LogP contribution >= 0.6 is 0 Å². The third-order valence-corrected chi connectivity index (χ3v) is 4.08. The fourth-order valence-electron chi connectivity index (χ4n) is 2.66. The smallest absolute Gasteiger partial charge is 0.273 e. The molecule has 1 atom stereocenters. The van der Waals surface area contributed by atoms with E-state index in [1.165, 1.54) is 12.1 Å². The minimum atomic E-state index is -0.581. The second-order valence-electron chi connectivity index (χ2n) is 6.00. The Morgan fingerprint density at radius 2 is 2.03 bits per heavy atom. The Kier molecular flexibility index (Phi) is 6.25. The van der Waals surface area contributed by atoms with E-state index >= 15 is 0 Å². The highest BCUT2D eigenvalue weighted by Crippen LogP contribution is 2.31. The van der Waals surface area contributed by atoms with Crippen LogP contribution in [-0.4, -0.2) is 33.8 Å². The van der Waals surface area contributed by atoms with Crippen LogP contribution in [0.15, 0.2) is 42.5 Å². The predicted octanol–water partition coefficient (Wildman–Crippen LogP) is 2.75. The quantitative estimate of drug-likeness (QED) is 0.414. The van der Waals surface area contributed by atoms with Crippen molar-refractivity contribution in [2.45, 2.75) is 19.6 Å². The Balaban J connectivity index is 1.70. The van der Waals surface area contributed by atoms with Gasteiger partial charge in [0.15, 0.2) is 23.1 Å². The van der Waals surface area contributed by atoms with Crippen molar-refractivity contribution >= 4 is 5.69 Å². The topological polar surface area (TPSA) is 138 Å². The number of non-ortho nitro benzene ring substituents is 1. The van der Waals surface area contributed by atoms with Crippen molar-refractivity contribution in [3.63, 3.8) is 0 Å². The number of nitrogens with zero attached hydrogens (tertiary/aromatic N) is 3. The van der Waals surface area contributed by atoms with Crippen molar-refractivity contribution in [1.82, 2.24) is 15.2 Å². The third-order valence-electron chi connectivity index (χ3n) is 4.08. The molecule has 2 aromatic carbocycles. The Bertz CT molecular complexity index is 991. The lowest BCUT2D eigenvalue weighted by Crippen LogP contribution is -2.14. The number of methoxy groups -OCH3 is 1. The van der Waals surface area contributed by atoms with Crippen LogP contribution in [0.1, 0.15) is 30.2 Å². The number of ether oxygens (including phenoxy) is 3. The van der Waals surface area contributed by atoms with Gasteiger partial charge >= 0.3 is 0 Å². The fraction of sp³-hybridized carbons (Fsp3) is 0.263. The van der Waals surface area contributed by atoms with Crippen LogP contribution in [0, 0.1) is 10.1 Å². The van der Waals surface area contributed by atoms with Crippen LogP contribution in [0.2, 0.25) is 0 Å². The van der Waals surface area contributed by atoms with Crippen molar-refractivity contribution in [1.29, 1.82) is 0 Å². The number of nitrogens with two attached hydrogens (primary N) is 1. The van der Waals surface area contributed by atoms with E-state index in [1.807, 2.05) is 13.0 Å². The van der Waals surface area contributed by atoms with Crippen molar-refractivity contribution in [3.05, 3.63) is 69.8 Å². The maximum absolute atomic E-state index is 10.8. The lowest BCUT2D eigenvalue weighted by atomic mass is 10.1. The third kappa shape index (κ3) is 4.79. The molecule has 0 fully saturated rings. The predicted molar refractivity (Wildman–Crippen MR) is 104 cm³/mol. The molecular formula is C19H21N5O5. The monoisotopic (exact) mass is 399 g/mol. The Labute approximate surface area is 166 Å². The van der Waals surface area contributed by atoms with Crippen LogP contribution in [-0.2, 0) is 6.61 Å². The van der Waals surface area contributed by atoms with E-state index in [1.54, 1.807) is 31.4 Å². The summed E-state index contributed by atoms with van der Waals surface area (Å²) in [7, 11) is 1.57. The first-order valence-electron chi connectivity index (χ1n) is 8.86. The Morgan fingerprint density at radius 1 is 1.21 bits per heavy atom. The first kappa shape index (κ1) is 20.1. The largest absolute Gasteiger partial charge is 0.493 e. The molecule has 0 aliphatic rings. The van der Waals surface area contributed by atoms with Crippen molar-refractivity contribution in [2.75, 3.05) is 13.7 Å². The second kappa shape index (κ2) is 9.02. The zero-order valence-electron chi connectivity index (χ0n) is 16.0. The number of nitro benzene ring substituents is 1. The van der Waals surface area contributed by atoms with E-state index in [-0.39, 0.29) is 12.3 Å². The molecule has 10 heteroatoms. The molecule has 3 N–H and O–H groups in total. The Morgan fingerprint density at radius 3 is 2.76 bits per heavy atom. The van der Waals surface area contributed by atoms with Gasteiger partial charge in [-0.1, -0.05) is 12.1 Å². The summed E-state index contributed by atoms with van der Waals surface area (Å²) in [5.74, 6) is 2.39. The average Bonchev–Trinajstić information content (AvgIpc) is 3.21. The lowest BCUT2D eigenvalue weighted by molar-refractivity contribution is -0.384. The molecule has 0 unspecified atom stereocenters. The number of nitro groups is 1. The normalized spacial score (nSPS) is 11.7. The molecule has 0 bridgehead atoms. The number of nitrogens with one attached hydrogen (secondary N) is 1. The second-order valence-corrected chi connectivity index (χ2v) is 6.00. The van der Waals surface area contributed by atoms with Crippen LogP contribution in [0.4, 0.5) is 5.69 Å². The molecule has 29 heavy (non-hydrogen) atoms. The molecule has 10 nitrogen and oxygen atoms in total. The summed E-state index contributed by atoms with van der Waals surface area (Å²) < 4.78 is 16.4. The van der Waals surface area contributed by atoms with E-state index in [2.05, 4.69) is 15.2 Å². The maximum atomic E-state index is 10.8. The highest BCUT2D eigenvalue weighted by molar-refractivity contribution is 5.44. The van der Waals surface area contributed by atoms with Gasteiger partial charge in [-0.25, -0.2) is 4.98 Å². The van der Waals surface area contributed by atoms with Crippen LogP contribution in [0.5, 0.6) is 17.2 Å². The van der Waals surface area contributed by atoms with Crippen LogP contribution in [0.25, 0.3) is 0 Å². The molecule has 0 spiro atoms. The van der Waals surface area contributed by atoms with E-state index in [0.29, 0.717) is 35.5 Å². The van der Waals surface area contributed by atoms with Gasteiger partial charge in [0.05, 0.1) is 30.7 Å². The fourth-order valence-corrected chi connectivity index (χ4v) is 2.66. The first-order chi connectivity index (χ1) is 14.0. The highest BCUT2D eigenvalue weighted by Gasteiger charge is 2.17. The van der Waals surface area contributed by atoms with Gasteiger partial charge in [0.1, 0.15) is 12.4 Å². The van der Waals surface area contributed by atoms with E-state index in [4.69, 9.17) is 19.9 Å². The number of hydrogen-bond donors (Lipinski definition) is 2. The summed E-state index contributed by atoms with van der Waals surface area (Å²) in [6.45, 7) is 2.44. The Hall–Kier alpha value is -3.66. The average molecular weight is 399 g/mol. The number of benzene rings is 2. The number of hydrogen-bond acceptors (Lipinski definition) is 8. The highest BCUT2D eigenvalue weighted by atomic mass is 16.6. The number of aromatic nitrogens is 3. The zero-order valence-corrected chi connectivity index (χ0v) is 16.0. The van der Waals surface area contributed by atoms with E-state index in [0.717, 1.165) is 5.56 Å². The van der Waals surface area contributed by atoms with Gasteiger partial charge in [0.2, 0.25) is 0 Å². The number of aromatic amines is 1. The minimum Gasteiger partial charge on any atom is -0.493 e. The molecular weight excluding hydrogens is 378 g/mol. The van der Waals surface area contributed by atoms with Gasteiger partial charge in [-0.3, -0.25) is 15.2 Å². The molecule has 3 aromatic rings. The van der Waals surface area contributed by atoms with Crippen molar-refractivity contribution < 1.29 is 19.1 Å². The molecule has 0 aliphatic heterocycles. The molecule has 0 radical (unpaired) electrons. The maximum Gasteiger partial charge on any atom is 0.273 e. The van der Waals surface area contributed by atoms with Gasteiger partial charge in [-0.15, -0.1) is 0 Å². The summed E-state index contributed by atoms with van der Waals surface area (Å²) in [6, 6.07) is 10.7. The van der Waals surface area contributed by atoms with Gasteiger partial charge in [0, 0.05) is 6.07 Å². The van der Waals surface area contributed by atoms with Gasteiger partial charge in [-0.2, -0.15) is 5.10 Å². The standard InChI is InChI=1S/C19H21N5O5/c1-3-28-16-9-12(7-8-15(16)27-2)18(20)19-21-17(22-23-19)11-29-14-6-4-5-13(10-14)24(25)26/h4-10,18H,3,11,20H2,1-2H3,(H,21,22,23)/t18-/m1/s1. The summed E-state index contributed by atoms with van der Waals surface area (Å²) in [4.78, 5) is 14.7. The molecule has 0 aliphatic carbocycles. The van der Waals surface area contributed by atoms with Gasteiger partial charge in [-0.05, 0) is 30.7 Å². The SMILES string of the molecule is CCOc1cc([C@@H](N)c2n[nH]c(COc3cccc([N+](=O)[O-])c3)n2)ccc1OC. The van der Waals surface area contributed by atoms with Crippen LogP contribution in [0.3, 0.4) is 0 Å². The first-order valence-corrected chi connectivity index (χ1v) is 8.86. The molecule has 0 saturated heterocycles. The van der Waals surface area contributed by atoms with Crippen molar-refractivity contribution in [2.24, 2.45) is 5.73 Å². The summed E-state index contributed by atoms with van der Waals surface area (Å²) >= 11 is 0. The van der Waals surface area contributed by atoms with Gasteiger partial charge < -0.3 is 19.9 Å². The molecule has 1 heterocycles. The molecule has 3 rings (SSSR count). The molecule has 0 amide bonds. The summed E-state index contributed by atoms with van der Waals surface area (Å²) in [5.41, 5.74) is 7.00.